The van der Waals surface area contributed by atoms with Gasteiger partial charge >= 0.3 is 0 Å². The summed E-state index contributed by atoms with van der Waals surface area (Å²) in [5.41, 5.74) is 1.07. The molecule has 7 nitrogen and oxygen atoms in total. The van der Waals surface area contributed by atoms with Gasteiger partial charge in [-0.15, -0.1) is 0 Å². The summed E-state index contributed by atoms with van der Waals surface area (Å²) in [7, 11) is 4.95. The number of carbonyl (C=O) groups is 2. The van der Waals surface area contributed by atoms with E-state index in [0.29, 0.717) is 18.0 Å². The predicted octanol–water partition coefficient (Wildman–Crippen LogP) is 0.752. The van der Waals surface area contributed by atoms with Gasteiger partial charge in [0.25, 0.3) is 5.91 Å². The second-order valence-electron chi connectivity index (χ2n) is 6.45. The second-order valence-corrected chi connectivity index (χ2v) is 6.45. The van der Waals surface area contributed by atoms with Crippen molar-refractivity contribution < 1.29 is 32.7 Å². The lowest BCUT2D eigenvalue weighted by molar-refractivity contribution is -0.885. The average molecular weight is 408 g/mol. The number of halogens is 2. The smallest absolute Gasteiger partial charge is 0.275 e. The summed E-state index contributed by atoms with van der Waals surface area (Å²) in [6, 6.07) is 8.54. The molecule has 3 N–H and O–H groups in total. The van der Waals surface area contributed by atoms with Crippen LogP contribution in [0.2, 0.25) is 0 Å². The van der Waals surface area contributed by atoms with Crippen LogP contribution in [0.25, 0.3) is 0 Å². The van der Waals surface area contributed by atoms with Crippen molar-refractivity contribution in [2.24, 2.45) is 0 Å². The molecule has 156 valence electrons. The van der Waals surface area contributed by atoms with Gasteiger partial charge < -0.3 is 25.0 Å². The highest BCUT2D eigenvalue weighted by molar-refractivity contribution is 5.94. The van der Waals surface area contributed by atoms with Crippen molar-refractivity contribution in [2.45, 2.75) is 6.54 Å². The van der Waals surface area contributed by atoms with E-state index in [1.165, 1.54) is 6.07 Å². The molecule has 29 heavy (non-hydrogen) atoms. The lowest BCUT2D eigenvalue weighted by Crippen LogP contribution is -3.08. The van der Waals surface area contributed by atoms with E-state index in [2.05, 4.69) is 10.6 Å². The van der Waals surface area contributed by atoms with E-state index >= 15 is 0 Å². The molecule has 0 aromatic heterocycles. The number of amides is 2. The Labute approximate surface area is 167 Å². The molecule has 2 amide bonds. The average Bonchev–Trinajstić information content (AvgIpc) is 2.69. The zero-order valence-corrected chi connectivity index (χ0v) is 16.5. The first-order valence-electron chi connectivity index (χ1n) is 8.86. The molecule has 1 atom stereocenters. The molecule has 0 bridgehead atoms. The van der Waals surface area contributed by atoms with Gasteiger partial charge in [-0.1, -0.05) is 0 Å². The number of benzene rings is 2. The quantitative estimate of drug-likeness (QED) is 0.572. The predicted molar refractivity (Wildman–Crippen MR) is 103 cm³/mol. The molecule has 0 aliphatic carbocycles. The summed E-state index contributed by atoms with van der Waals surface area (Å²) in [5.74, 6) is -1.69. The van der Waals surface area contributed by atoms with Crippen LogP contribution in [0, 0.1) is 11.6 Å². The van der Waals surface area contributed by atoms with E-state index in [9.17, 15) is 18.4 Å². The largest absolute Gasteiger partial charge is 0.493 e. The van der Waals surface area contributed by atoms with E-state index < -0.39 is 17.5 Å². The molecule has 2 rings (SSSR count). The summed E-state index contributed by atoms with van der Waals surface area (Å²) in [5, 5.41) is 4.89. The van der Waals surface area contributed by atoms with Gasteiger partial charge in [0.05, 0.1) is 27.8 Å². The fourth-order valence-electron chi connectivity index (χ4n) is 2.70. The van der Waals surface area contributed by atoms with Crippen molar-refractivity contribution in [3.63, 3.8) is 0 Å². The number of nitrogens with one attached hydrogen (secondary N) is 3. The molecule has 0 aliphatic rings. The Bertz CT molecular complexity index is 877. The maximum Gasteiger partial charge on any atom is 0.275 e. The van der Waals surface area contributed by atoms with Crippen molar-refractivity contribution in [1.82, 2.24) is 5.32 Å². The number of carbonyl (C=O) groups excluding carboxylic acids is 2. The Balaban J connectivity index is 1.79. The van der Waals surface area contributed by atoms with Crippen molar-refractivity contribution >= 4 is 17.5 Å². The third kappa shape index (κ3) is 6.72. The fraction of sp³-hybridized carbons (Fsp3) is 0.300. The lowest BCUT2D eigenvalue weighted by atomic mass is 10.2. The topological polar surface area (TPSA) is 81.1 Å². The van der Waals surface area contributed by atoms with Gasteiger partial charge in [-0.2, -0.15) is 0 Å². The number of hydrogen-bond acceptors (Lipinski definition) is 4. The molecule has 0 aliphatic heterocycles. The van der Waals surface area contributed by atoms with Gasteiger partial charge in [0.15, 0.2) is 29.7 Å². The highest BCUT2D eigenvalue weighted by atomic mass is 19.2. The normalized spacial score (nSPS) is 11.5. The van der Waals surface area contributed by atoms with Crippen LogP contribution >= 0.6 is 0 Å². The van der Waals surface area contributed by atoms with Crippen molar-refractivity contribution in [3.8, 4) is 11.5 Å². The standard InChI is InChI=1S/C20H23F2N3O4/c1-25(11-13-4-7-17(28-2)18(8-13)29-3)12-20(27)23-10-19(26)24-14-5-6-15(21)16(22)9-14/h4-9H,10-12H2,1-3H3,(H,23,27)(H,24,26)/p+1. The highest BCUT2D eigenvalue weighted by Gasteiger charge is 2.14. The summed E-state index contributed by atoms with van der Waals surface area (Å²) in [4.78, 5) is 24.8. The van der Waals surface area contributed by atoms with E-state index in [-0.39, 0.29) is 24.7 Å². The van der Waals surface area contributed by atoms with E-state index in [1.54, 1.807) is 20.3 Å². The van der Waals surface area contributed by atoms with Crippen LogP contribution in [-0.4, -0.2) is 46.2 Å². The molecular weight excluding hydrogens is 384 g/mol. The van der Waals surface area contributed by atoms with Crippen LogP contribution in [-0.2, 0) is 16.1 Å². The number of likely N-dealkylation sites (N-methyl/N-ethyl adjacent to an activating group) is 1. The molecule has 0 fully saturated rings. The summed E-state index contributed by atoms with van der Waals surface area (Å²) >= 11 is 0. The molecule has 0 heterocycles. The molecule has 0 saturated heterocycles. The minimum atomic E-state index is -1.06. The molecule has 2 aromatic rings. The number of ether oxygens (including phenoxy) is 2. The van der Waals surface area contributed by atoms with Gasteiger partial charge in [-0.3, -0.25) is 9.59 Å². The number of methoxy groups -OCH3 is 2. The van der Waals surface area contributed by atoms with Gasteiger partial charge in [-0.05, 0) is 30.3 Å². The minimum Gasteiger partial charge on any atom is -0.493 e. The number of quaternary nitrogens is 1. The van der Waals surface area contributed by atoms with Crippen LogP contribution in [0.3, 0.4) is 0 Å². The third-order valence-corrected chi connectivity index (χ3v) is 4.07. The molecular formula is C20H24F2N3O4+. The Morgan fingerprint density at radius 2 is 1.69 bits per heavy atom. The molecule has 1 unspecified atom stereocenters. The first-order chi connectivity index (χ1) is 13.8. The van der Waals surface area contributed by atoms with Crippen LogP contribution < -0.4 is 25.0 Å². The molecule has 0 spiro atoms. The van der Waals surface area contributed by atoms with E-state index in [0.717, 1.165) is 22.6 Å². The summed E-state index contributed by atoms with van der Waals surface area (Å²) in [6.07, 6.45) is 0. The second kappa shape index (κ2) is 10.4. The van der Waals surface area contributed by atoms with Crippen molar-refractivity contribution in [3.05, 3.63) is 53.6 Å². The first kappa shape index (κ1) is 22.1. The van der Waals surface area contributed by atoms with Gasteiger partial charge in [0.2, 0.25) is 5.91 Å². The maximum atomic E-state index is 13.1. The van der Waals surface area contributed by atoms with E-state index in [1.807, 2.05) is 19.2 Å². The van der Waals surface area contributed by atoms with E-state index in [4.69, 9.17) is 9.47 Å². The Morgan fingerprint density at radius 3 is 2.34 bits per heavy atom. The van der Waals surface area contributed by atoms with Gasteiger partial charge in [-0.25, -0.2) is 8.78 Å². The molecule has 0 radical (unpaired) electrons. The third-order valence-electron chi connectivity index (χ3n) is 4.07. The summed E-state index contributed by atoms with van der Waals surface area (Å²) in [6.45, 7) is 0.434. The van der Waals surface area contributed by atoms with Gasteiger partial charge in [0.1, 0.15) is 6.54 Å². The zero-order valence-electron chi connectivity index (χ0n) is 16.5. The van der Waals surface area contributed by atoms with Crippen LogP contribution in [0.4, 0.5) is 14.5 Å². The zero-order chi connectivity index (χ0) is 21.4. The molecule has 9 heteroatoms. The number of hydrogen-bond donors (Lipinski definition) is 3. The van der Waals surface area contributed by atoms with Crippen LogP contribution in [0.1, 0.15) is 5.56 Å². The summed E-state index contributed by atoms with van der Waals surface area (Å²) < 4.78 is 36.5. The fourth-order valence-corrected chi connectivity index (χ4v) is 2.70. The highest BCUT2D eigenvalue weighted by Crippen LogP contribution is 2.27. The SMILES string of the molecule is COc1ccc(C[NH+](C)CC(=O)NCC(=O)Nc2ccc(F)c(F)c2)cc1OC. The maximum absolute atomic E-state index is 13.1. The van der Waals surface area contributed by atoms with Crippen LogP contribution in [0.15, 0.2) is 36.4 Å². The van der Waals surface area contributed by atoms with Crippen LogP contribution in [0.5, 0.6) is 11.5 Å². The lowest BCUT2D eigenvalue weighted by Gasteiger charge is -2.15. The number of rotatable bonds is 9. The monoisotopic (exact) mass is 408 g/mol. The van der Waals surface area contributed by atoms with Crippen molar-refractivity contribution in [1.29, 1.82) is 0 Å². The molecule has 2 aromatic carbocycles. The number of anilines is 1. The Kier molecular flexibility index (Phi) is 7.90. The Morgan fingerprint density at radius 1 is 0.966 bits per heavy atom. The molecule has 0 saturated carbocycles. The van der Waals surface area contributed by atoms with Crippen molar-refractivity contribution in [2.75, 3.05) is 39.7 Å². The Hall–Kier alpha value is -3.20. The first-order valence-corrected chi connectivity index (χ1v) is 8.86. The minimum absolute atomic E-state index is 0.111. The van der Waals surface area contributed by atoms with Gasteiger partial charge in [0, 0.05) is 17.3 Å².